The Morgan fingerprint density at radius 1 is 0.614 bits per heavy atom. The van der Waals surface area contributed by atoms with E-state index in [1.807, 2.05) is 18.2 Å². The molecule has 0 N–H and O–H groups in total. The Morgan fingerprint density at radius 2 is 1.39 bits per heavy atom. The van der Waals surface area contributed by atoms with Crippen molar-refractivity contribution in [1.29, 1.82) is 0 Å². The highest BCUT2D eigenvalue weighted by atomic mass is 16.5. The molecule has 3 aromatic heterocycles. The zero-order chi connectivity index (χ0) is 28.6. The Balaban J connectivity index is 1.25. The second-order valence-electron chi connectivity index (χ2n) is 11.7. The zero-order valence-electron chi connectivity index (χ0n) is 23.4. The summed E-state index contributed by atoms with van der Waals surface area (Å²) in [5.74, 6) is 1.63. The van der Waals surface area contributed by atoms with Gasteiger partial charge in [-0.15, -0.1) is 0 Å². The molecule has 204 valence electrons. The molecule has 1 spiro atoms. The Hall–Kier alpha value is -6.01. The first-order chi connectivity index (χ1) is 21.8. The van der Waals surface area contributed by atoms with Gasteiger partial charge in [0.2, 0.25) is 0 Å². The van der Waals surface area contributed by atoms with Crippen LogP contribution in [0.25, 0.3) is 55.6 Å². The molecule has 6 heteroatoms. The van der Waals surface area contributed by atoms with Crippen molar-refractivity contribution < 1.29 is 14.1 Å². The molecule has 8 aromatic rings. The van der Waals surface area contributed by atoms with Crippen molar-refractivity contribution in [2.75, 3.05) is 0 Å². The number of aromatic nitrogens is 5. The van der Waals surface area contributed by atoms with E-state index in [-0.39, 0.29) is 0 Å². The molecule has 0 saturated heterocycles. The van der Waals surface area contributed by atoms with Gasteiger partial charge in [-0.05, 0) is 47.5 Å². The van der Waals surface area contributed by atoms with Crippen LogP contribution in [-0.2, 0) is 5.66 Å². The van der Waals surface area contributed by atoms with Crippen LogP contribution >= 0.6 is 0 Å². The molecule has 6 nitrogen and oxygen atoms in total. The van der Waals surface area contributed by atoms with Crippen LogP contribution in [0.4, 0.5) is 0 Å². The van der Waals surface area contributed by atoms with Gasteiger partial charge in [0.1, 0.15) is 11.9 Å². The van der Waals surface area contributed by atoms with E-state index in [0.717, 1.165) is 45.3 Å². The predicted octanol–water partition coefficient (Wildman–Crippen LogP) is 6.91. The molecular weight excluding hydrogens is 542 g/mol. The number of hydrogen-bond donors (Lipinski definition) is 0. The standard InChI is InChI=1S/C38H23N5O/c1-2-9-24(10-3-1)25-16-18-26(19-17-25)29-23-41-31-13-8-14-32-35(31)38(43(41)39-29)36-33(44-34-15-6-7-22-40(34)38)21-20-28-27-11-4-5-12-30(27)42(32)37(28)36/h1-23H/q+2. The summed E-state index contributed by atoms with van der Waals surface area (Å²) in [5.41, 5.74) is 10.5. The summed E-state index contributed by atoms with van der Waals surface area (Å²) in [6.07, 6.45) is 4.30. The summed E-state index contributed by atoms with van der Waals surface area (Å²) >= 11 is 0. The van der Waals surface area contributed by atoms with E-state index < -0.39 is 5.66 Å². The van der Waals surface area contributed by atoms with Crippen LogP contribution in [-0.4, -0.2) is 14.3 Å². The summed E-state index contributed by atoms with van der Waals surface area (Å²) in [5, 5.41) is 7.87. The highest BCUT2D eigenvalue weighted by molar-refractivity contribution is 6.12. The lowest BCUT2D eigenvalue weighted by molar-refractivity contribution is -1.02. The Labute approximate surface area is 251 Å². The number of nitrogens with zero attached hydrogens (tertiary/aromatic N) is 5. The van der Waals surface area contributed by atoms with E-state index in [4.69, 9.17) is 9.84 Å². The summed E-state index contributed by atoms with van der Waals surface area (Å²) in [6.45, 7) is 0. The van der Waals surface area contributed by atoms with E-state index in [2.05, 4.69) is 140 Å². The SMILES string of the molecule is c1ccc(-c2ccc(-c3cn4[n+](n3)C35c6c(cccc6-4)-n4c6ccccc6c6ccc(c3c64)Oc3cccc[n+]35)cc2)cc1. The van der Waals surface area contributed by atoms with Crippen molar-refractivity contribution in [3.8, 4) is 45.4 Å². The second kappa shape index (κ2) is 7.68. The van der Waals surface area contributed by atoms with Crippen LogP contribution < -0.4 is 14.1 Å². The average molecular weight is 566 g/mol. The largest absolute Gasteiger partial charge is 0.474 e. The van der Waals surface area contributed by atoms with Crippen LogP contribution in [0.3, 0.4) is 0 Å². The van der Waals surface area contributed by atoms with Gasteiger partial charge >= 0.3 is 11.5 Å². The molecule has 0 aliphatic carbocycles. The minimum Gasteiger partial charge on any atom is -0.404 e. The van der Waals surface area contributed by atoms with Gasteiger partial charge in [-0.2, -0.15) is 0 Å². The maximum Gasteiger partial charge on any atom is 0.474 e. The molecule has 44 heavy (non-hydrogen) atoms. The summed E-state index contributed by atoms with van der Waals surface area (Å²) in [4.78, 5) is 2.17. The van der Waals surface area contributed by atoms with Crippen LogP contribution in [0.15, 0.2) is 140 Å². The third kappa shape index (κ3) is 2.49. The number of fused-ring (bicyclic) bond motifs is 7. The molecule has 3 aliphatic heterocycles. The maximum absolute atomic E-state index is 6.67. The monoisotopic (exact) mass is 565 g/mol. The molecule has 0 bridgehead atoms. The van der Waals surface area contributed by atoms with Gasteiger partial charge in [0.25, 0.3) is 0 Å². The summed E-state index contributed by atoms with van der Waals surface area (Å²) in [7, 11) is 0. The molecule has 1 unspecified atom stereocenters. The molecule has 5 aromatic carbocycles. The molecule has 0 saturated carbocycles. The van der Waals surface area contributed by atoms with Crippen molar-refractivity contribution in [3.63, 3.8) is 0 Å². The van der Waals surface area contributed by atoms with Gasteiger partial charge in [0.15, 0.2) is 28.8 Å². The minimum absolute atomic E-state index is 0.776. The lowest BCUT2D eigenvalue weighted by Gasteiger charge is -2.30. The number of rotatable bonds is 2. The Kier molecular flexibility index (Phi) is 3.94. The fourth-order valence-corrected chi connectivity index (χ4v) is 7.87. The van der Waals surface area contributed by atoms with Crippen molar-refractivity contribution >= 4 is 21.8 Å². The van der Waals surface area contributed by atoms with Crippen LogP contribution in [0.5, 0.6) is 11.6 Å². The first kappa shape index (κ1) is 22.6. The second-order valence-corrected chi connectivity index (χ2v) is 11.7. The average Bonchev–Trinajstić information content (AvgIpc) is 3.75. The van der Waals surface area contributed by atoms with Crippen LogP contribution in [0.2, 0.25) is 0 Å². The Bertz CT molecular complexity index is 2530. The van der Waals surface area contributed by atoms with Crippen molar-refractivity contribution in [2.24, 2.45) is 0 Å². The van der Waals surface area contributed by atoms with E-state index in [1.165, 1.54) is 33.0 Å². The highest BCUT2D eigenvalue weighted by Gasteiger charge is 2.72. The van der Waals surface area contributed by atoms with Gasteiger partial charge in [0, 0.05) is 27.5 Å². The molecule has 0 radical (unpaired) electrons. The topological polar surface area (TPSA) is 39.7 Å². The fraction of sp³-hybridized carbons (Fsp3) is 0.0263. The maximum atomic E-state index is 6.67. The molecule has 0 fully saturated rings. The van der Waals surface area contributed by atoms with E-state index in [0.29, 0.717) is 0 Å². The summed E-state index contributed by atoms with van der Waals surface area (Å²) in [6, 6.07) is 45.0. The molecule has 0 amide bonds. The van der Waals surface area contributed by atoms with E-state index >= 15 is 0 Å². The highest BCUT2D eigenvalue weighted by Crippen LogP contribution is 2.54. The predicted molar refractivity (Wildman–Crippen MR) is 167 cm³/mol. The van der Waals surface area contributed by atoms with Crippen LogP contribution in [0.1, 0.15) is 11.1 Å². The fourth-order valence-electron chi connectivity index (χ4n) is 7.87. The van der Waals surface area contributed by atoms with Crippen molar-refractivity contribution in [3.05, 3.63) is 151 Å². The van der Waals surface area contributed by atoms with Gasteiger partial charge in [-0.25, -0.2) is 0 Å². The number of para-hydroxylation sites is 1. The molecular formula is C38H23N5O+2. The molecule has 11 rings (SSSR count). The zero-order valence-corrected chi connectivity index (χ0v) is 23.4. The molecule has 3 aliphatic rings. The third-order valence-electron chi connectivity index (χ3n) is 9.62. The smallest absolute Gasteiger partial charge is 0.404 e. The Morgan fingerprint density at radius 3 is 2.30 bits per heavy atom. The quantitative estimate of drug-likeness (QED) is 0.214. The lowest BCUT2D eigenvalue weighted by Crippen LogP contribution is -2.77. The van der Waals surface area contributed by atoms with E-state index in [1.54, 1.807) is 0 Å². The number of benzene rings is 5. The number of hydrogen-bond acceptors (Lipinski definition) is 2. The van der Waals surface area contributed by atoms with Gasteiger partial charge in [-0.3, -0.25) is 0 Å². The third-order valence-corrected chi connectivity index (χ3v) is 9.62. The van der Waals surface area contributed by atoms with E-state index in [9.17, 15) is 0 Å². The molecule has 6 heterocycles. The molecule has 1 atom stereocenters. The number of ether oxygens (including phenoxy) is 1. The summed E-state index contributed by atoms with van der Waals surface area (Å²) < 4.78 is 13.6. The van der Waals surface area contributed by atoms with Gasteiger partial charge in [0.05, 0.1) is 27.6 Å². The first-order valence-corrected chi connectivity index (χ1v) is 14.9. The normalized spacial score (nSPS) is 16.5. The lowest BCUT2D eigenvalue weighted by atomic mass is 9.84. The number of pyridine rings is 1. The van der Waals surface area contributed by atoms with Crippen LogP contribution in [0, 0.1) is 0 Å². The van der Waals surface area contributed by atoms with Gasteiger partial charge < -0.3 is 9.30 Å². The van der Waals surface area contributed by atoms with Crippen molar-refractivity contribution in [1.82, 2.24) is 14.3 Å². The first-order valence-electron chi connectivity index (χ1n) is 14.9. The minimum atomic E-state index is -0.776. The van der Waals surface area contributed by atoms with Crippen molar-refractivity contribution in [2.45, 2.75) is 5.66 Å². The van der Waals surface area contributed by atoms with Gasteiger partial charge in [-0.1, -0.05) is 88.1 Å².